The molecule has 0 aromatic carbocycles. The van der Waals surface area contributed by atoms with Gasteiger partial charge in [0, 0.05) is 13.6 Å². The average molecular weight is 259 g/mol. The van der Waals surface area contributed by atoms with Gasteiger partial charge in [0.2, 0.25) is 0 Å². The summed E-state index contributed by atoms with van der Waals surface area (Å²) in [6, 6.07) is 0. The molecule has 0 atom stereocenters. The van der Waals surface area contributed by atoms with Gasteiger partial charge in [0.1, 0.15) is 0 Å². The number of nitrogens with one attached hydrogen (secondary N) is 1. The highest BCUT2D eigenvalue weighted by atomic mass is 35.5. The number of amides is 1. The lowest BCUT2D eigenvalue weighted by molar-refractivity contribution is 0.0947. The normalized spacial score (nSPS) is 10.9. The zero-order valence-corrected chi connectivity index (χ0v) is 11.5. The number of hydrogen-bond donors (Lipinski definition) is 1. The predicted octanol–water partition coefficient (Wildman–Crippen LogP) is 1.06. The molecule has 1 rings (SSSR count). The number of halogens is 1. The van der Waals surface area contributed by atoms with Crippen molar-refractivity contribution >= 4 is 17.5 Å². The summed E-state index contributed by atoms with van der Waals surface area (Å²) in [5.74, 6) is -0.211. The third-order valence-corrected chi connectivity index (χ3v) is 3.00. The van der Waals surface area contributed by atoms with Crippen LogP contribution < -0.4 is 5.32 Å². The van der Waals surface area contributed by atoms with E-state index in [1.807, 2.05) is 21.0 Å². The minimum absolute atomic E-state index is 0.211. The maximum absolute atomic E-state index is 11.8. The smallest absolute Gasteiger partial charge is 0.273 e. The summed E-state index contributed by atoms with van der Waals surface area (Å²) in [6.07, 6.45) is 0.905. The molecule has 0 bridgehead atoms. The number of nitrogens with zero attached hydrogens (tertiary/aromatic N) is 3. The molecule has 0 saturated heterocycles. The van der Waals surface area contributed by atoms with E-state index in [2.05, 4.69) is 15.3 Å². The Morgan fingerprint density at radius 3 is 2.65 bits per heavy atom. The van der Waals surface area contributed by atoms with Gasteiger partial charge in [-0.15, -0.1) is 0 Å². The second kappa shape index (κ2) is 6.02. The molecule has 5 nitrogen and oxygen atoms in total. The minimum atomic E-state index is -0.211. The van der Waals surface area contributed by atoms with Crippen LogP contribution in [-0.2, 0) is 7.05 Å². The fourth-order valence-corrected chi connectivity index (χ4v) is 1.65. The number of rotatable bonds is 5. The first-order chi connectivity index (χ1) is 7.93. The van der Waals surface area contributed by atoms with Crippen LogP contribution >= 0.6 is 11.6 Å². The van der Waals surface area contributed by atoms with E-state index in [1.54, 1.807) is 11.7 Å². The topological polar surface area (TPSA) is 50.2 Å². The monoisotopic (exact) mass is 258 g/mol. The fraction of sp³-hybridized carbons (Fsp3) is 0.636. The van der Waals surface area contributed by atoms with E-state index in [0.29, 0.717) is 17.3 Å². The van der Waals surface area contributed by atoms with Gasteiger partial charge in [-0.25, -0.2) is 0 Å². The summed E-state index contributed by atoms with van der Waals surface area (Å²) in [6.45, 7) is 3.40. The summed E-state index contributed by atoms with van der Waals surface area (Å²) < 4.78 is 1.61. The summed E-state index contributed by atoms with van der Waals surface area (Å²) in [7, 11) is 5.77. The van der Waals surface area contributed by atoms with Crippen molar-refractivity contribution in [2.75, 3.05) is 27.2 Å². The van der Waals surface area contributed by atoms with Crippen LogP contribution in [0.1, 0.15) is 22.6 Å². The Morgan fingerprint density at radius 1 is 1.53 bits per heavy atom. The Morgan fingerprint density at radius 2 is 2.18 bits per heavy atom. The maximum Gasteiger partial charge on any atom is 0.273 e. The largest absolute Gasteiger partial charge is 0.351 e. The molecule has 1 N–H and O–H groups in total. The molecule has 0 radical (unpaired) electrons. The first kappa shape index (κ1) is 14.0. The Hall–Kier alpha value is -1.07. The fourth-order valence-electron chi connectivity index (χ4n) is 1.41. The molecule has 0 spiro atoms. The first-order valence-corrected chi connectivity index (χ1v) is 5.93. The maximum atomic E-state index is 11.8. The zero-order valence-electron chi connectivity index (χ0n) is 10.7. The van der Waals surface area contributed by atoms with Gasteiger partial charge in [0.25, 0.3) is 5.91 Å². The van der Waals surface area contributed by atoms with Crippen molar-refractivity contribution in [3.63, 3.8) is 0 Å². The van der Waals surface area contributed by atoms with E-state index in [1.165, 1.54) is 0 Å². The van der Waals surface area contributed by atoms with Crippen molar-refractivity contribution in [1.29, 1.82) is 0 Å². The first-order valence-electron chi connectivity index (χ1n) is 5.55. The summed E-state index contributed by atoms with van der Waals surface area (Å²) in [4.78, 5) is 13.9. The second-order valence-corrected chi connectivity index (χ2v) is 4.66. The van der Waals surface area contributed by atoms with Gasteiger partial charge in [0.05, 0.1) is 10.7 Å². The van der Waals surface area contributed by atoms with Crippen molar-refractivity contribution in [2.24, 2.45) is 7.05 Å². The Labute approximate surface area is 107 Å². The van der Waals surface area contributed by atoms with Crippen molar-refractivity contribution < 1.29 is 4.79 Å². The molecule has 1 heterocycles. The lowest BCUT2D eigenvalue weighted by Gasteiger charge is -2.09. The SMILES string of the molecule is Cc1c(Cl)c(C(=O)NCCCN(C)C)nn1C. The standard InChI is InChI=1S/C11H19ClN4O/c1-8-9(12)10(14-16(8)4)11(17)13-6-5-7-15(2)3/h5-7H2,1-4H3,(H,13,17). The summed E-state index contributed by atoms with van der Waals surface area (Å²) in [5.41, 5.74) is 1.10. The molecule has 1 amide bonds. The molecule has 1 aromatic heterocycles. The second-order valence-electron chi connectivity index (χ2n) is 4.28. The molecule has 0 aliphatic rings. The van der Waals surface area contributed by atoms with Crippen LogP contribution in [0.2, 0.25) is 5.02 Å². The average Bonchev–Trinajstić information content (AvgIpc) is 2.52. The number of aromatic nitrogens is 2. The Balaban J connectivity index is 2.50. The van der Waals surface area contributed by atoms with E-state index in [9.17, 15) is 4.79 Å². The van der Waals surface area contributed by atoms with Gasteiger partial charge in [-0.3, -0.25) is 9.48 Å². The highest BCUT2D eigenvalue weighted by Gasteiger charge is 2.17. The molecule has 0 aliphatic heterocycles. The van der Waals surface area contributed by atoms with Crippen molar-refractivity contribution in [3.05, 3.63) is 16.4 Å². The third kappa shape index (κ3) is 3.71. The number of hydrogen-bond acceptors (Lipinski definition) is 3. The van der Waals surface area contributed by atoms with Crippen molar-refractivity contribution in [1.82, 2.24) is 20.0 Å². The van der Waals surface area contributed by atoms with Gasteiger partial charge < -0.3 is 10.2 Å². The van der Waals surface area contributed by atoms with Crippen LogP contribution in [0, 0.1) is 6.92 Å². The van der Waals surface area contributed by atoms with Crippen LogP contribution in [0.5, 0.6) is 0 Å². The highest BCUT2D eigenvalue weighted by Crippen LogP contribution is 2.18. The lowest BCUT2D eigenvalue weighted by Crippen LogP contribution is -2.27. The van der Waals surface area contributed by atoms with Crippen molar-refractivity contribution in [3.8, 4) is 0 Å². The summed E-state index contributed by atoms with van der Waals surface area (Å²) >= 11 is 6.02. The van der Waals surface area contributed by atoms with Gasteiger partial charge in [-0.1, -0.05) is 11.6 Å². The summed E-state index contributed by atoms with van der Waals surface area (Å²) in [5, 5.41) is 7.32. The van der Waals surface area contributed by atoms with E-state index < -0.39 is 0 Å². The molecule has 17 heavy (non-hydrogen) atoms. The Kier molecular flexibility index (Phi) is 4.96. The van der Waals surface area contributed by atoms with E-state index in [0.717, 1.165) is 18.7 Å². The number of aryl methyl sites for hydroxylation is 1. The van der Waals surface area contributed by atoms with Gasteiger partial charge in [-0.2, -0.15) is 5.10 Å². The van der Waals surface area contributed by atoms with Gasteiger partial charge >= 0.3 is 0 Å². The molecule has 1 aromatic rings. The van der Waals surface area contributed by atoms with E-state index >= 15 is 0 Å². The zero-order chi connectivity index (χ0) is 13.0. The molecule has 0 aliphatic carbocycles. The van der Waals surface area contributed by atoms with Crippen LogP contribution in [0.4, 0.5) is 0 Å². The molecule has 6 heteroatoms. The molecular weight excluding hydrogens is 240 g/mol. The van der Waals surface area contributed by atoms with Crippen LogP contribution in [0.25, 0.3) is 0 Å². The number of carbonyl (C=O) groups is 1. The molecular formula is C11H19ClN4O. The van der Waals surface area contributed by atoms with Gasteiger partial charge in [-0.05, 0) is 34.0 Å². The number of carbonyl (C=O) groups excluding carboxylic acids is 1. The molecule has 96 valence electrons. The highest BCUT2D eigenvalue weighted by molar-refractivity contribution is 6.34. The van der Waals surface area contributed by atoms with E-state index in [-0.39, 0.29) is 5.91 Å². The minimum Gasteiger partial charge on any atom is -0.351 e. The Bertz CT molecular complexity index is 400. The molecule has 0 fully saturated rings. The van der Waals surface area contributed by atoms with Crippen molar-refractivity contribution in [2.45, 2.75) is 13.3 Å². The molecule has 0 unspecified atom stereocenters. The lowest BCUT2D eigenvalue weighted by atomic mass is 10.3. The molecule has 0 saturated carbocycles. The third-order valence-electron chi connectivity index (χ3n) is 2.54. The van der Waals surface area contributed by atoms with Crippen LogP contribution in [0.3, 0.4) is 0 Å². The predicted molar refractivity (Wildman–Crippen MR) is 68.5 cm³/mol. The van der Waals surface area contributed by atoms with Crippen LogP contribution in [-0.4, -0.2) is 47.8 Å². The quantitative estimate of drug-likeness (QED) is 0.804. The van der Waals surface area contributed by atoms with Crippen LogP contribution in [0.15, 0.2) is 0 Å². The van der Waals surface area contributed by atoms with E-state index in [4.69, 9.17) is 11.6 Å². The van der Waals surface area contributed by atoms with Gasteiger partial charge in [0.15, 0.2) is 5.69 Å².